The number of sulfonamides is 1. The molecule has 1 aliphatic heterocycles. The van der Waals surface area contributed by atoms with Crippen LogP contribution in [0.25, 0.3) is 0 Å². The standard InChI is InChI=1S/C13H7BrFNO3S/c14-10-6-5-8(15)7-11(10)19-13-9-3-1-2-4-12(9)20(17,18)16-13/h1-7H. The zero-order valence-corrected chi connectivity index (χ0v) is 12.3. The van der Waals surface area contributed by atoms with E-state index < -0.39 is 15.8 Å². The summed E-state index contributed by atoms with van der Waals surface area (Å²) in [7, 11) is -3.74. The quantitative estimate of drug-likeness (QED) is 0.789. The van der Waals surface area contributed by atoms with Crippen molar-refractivity contribution in [2.75, 3.05) is 0 Å². The van der Waals surface area contributed by atoms with Crippen molar-refractivity contribution in [3.8, 4) is 5.75 Å². The molecule has 1 aliphatic rings. The maximum atomic E-state index is 13.2. The molecule has 0 saturated carbocycles. The van der Waals surface area contributed by atoms with Gasteiger partial charge in [0.1, 0.15) is 16.5 Å². The Labute approximate surface area is 123 Å². The Morgan fingerprint density at radius 2 is 1.90 bits per heavy atom. The van der Waals surface area contributed by atoms with Gasteiger partial charge in [-0.15, -0.1) is 4.40 Å². The summed E-state index contributed by atoms with van der Waals surface area (Å²) in [4.78, 5) is 0.0857. The minimum atomic E-state index is -3.74. The first kappa shape index (κ1) is 13.3. The normalized spacial score (nSPS) is 15.6. The van der Waals surface area contributed by atoms with Gasteiger partial charge in [-0.05, 0) is 40.2 Å². The van der Waals surface area contributed by atoms with Gasteiger partial charge in [0.15, 0.2) is 0 Å². The van der Waals surface area contributed by atoms with Crippen LogP contribution < -0.4 is 4.74 Å². The first-order valence-corrected chi connectivity index (χ1v) is 7.78. The number of hydrogen-bond acceptors (Lipinski definition) is 3. The van der Waals surface area contributed by atoms with Gasteiger partial charge >= 0.3 is 0 Å². The van der Waals surface area contributed by atoms with Crippen molar-refractivity contribution in [1.82, 2.24) is 0 Å². The van der Waals surface area contributed by atoms with Crippen LogP contribution in [0.4, 0.5) is 4.39 Å². The highest BCUT2D eigenvalue weighted by Crippen LogP contribution is 2.31. The number of fused-ring (bicyclic) bond motifs is 1. The zero-order chi connectivity index (χ0) is 14.3. The molecular formula is C13H7BrFNO3S. The van der Waals surface area contributed by atoms with Crippen LogP contribution in [0.3, 0.4) is 0 Å². The van der Waals surface area contributed by atoms with E-state index in [1.807, 2.05) is 0 Å². The number of halogens is 2. The van der Waals surface area contributed by atoms with E-state index in [-0.39, 0.29) is 16.5 Å². The fourth-order valence-corrected chi connectivity index (χ4v) is 3.27. The second-order valence-electron chi connectivity index (χ2n) is 4.04. The molecule has 0 bridgehead atoms. The molecule has 0 atom stereocenters. The van der Waals surface area contributed by atoms with Gasteiger partial charge in [0.2, 0.25) is 5.90 Å². The van der Waals surface area contributed by atoms with Crippen LogP contribution in [0.1, 0.15) is 5.56 Å². The lowest BCUT2D eigenvalue weighted by Gasteiger charge is -2.07. The van der Waals surface area contributed by atoms with Gasteiger partial charge in [-0.25, -0.2) is 4.39 Å². The van der Waals surface area contributed by atoms with Crippen molar-refractivity contribution in [3.05, 3.63) is 58.3 Å². The van der Waals surface area contributed by atoms with Crippen LogP contribution in [0.15, 0.2) is 56.2 Å². The first-order valence-electron chi connectivity index (χ1n) is 5.55. The third kappa shape index (κ3) is 2.23. The van der Waals surface area contributed by atoms with Crippen LogP contribution in [-0.4, -0.2) is 14.3 Å². The van der Waals surface area contributed by atoms with E-state index in [4.69, 9.17) is 4.74 Å². The molecule has 102 valence electrons. The van der Waals surface area contributed by atoms with Crippen LogP contribution in [0, 0.1) is 5.82 Å². The highest BCUT2D eigenvalue weighted by Gasteiger charge is 2.30. The first-order chi connectivity index (χ1) is 9.47. The largest absolute Gasteiger partial charge is 0.436 e. The number of hydrogen-bond donors (Lipinski definition) is 0. The van der Waals surface area contributed by atoms with E-state index in [2.05, 4.69) is 20.3 Å². The summed E-state index contributed by atoms with van der Waals surface area (Å²) in [6.07, 6.45) is 0. The fraction of sp³-hybridized carbons (Fsp3) is 0. The third-order valence-corrected chi connectivity index (χ3v) is 4.67. The van der Waals surface area contributed by atoms with Crippen LogP contribution in [0.5, 0.6) is 5.75 Å². The zero-order valence-electron chi connectivity index (χ0n) is 9.88. The molecule has 20 heavy (non-hydrogen) atoms. The van der Waals surface area contributed by atoms with Gasteiger partial charge in [0, 0.05) is 6.07 Å². The summed E-state index contributed by atoms with van der Waals surface area (Å²) in [5.74, 6) is -0.388. The molecule has 0 aromatic heterocycles. The van der Waals surface area contributed by atoms with E-state index in [1.54, 1.807) is 18.2 Å². The molecule has 0 spiro atoms. The van der Waals surface area contributed by atoms with E-state index in [1.165, 1.54) is 18.2 Å². The van der Waals surface area contributed by atoms with Crippen molar-refractivity contribution < 1.29 is 17.5 Å². The van der Waals surface area contributed by atoms with Gasteiger partial charge < -0.3 is 4.74 Å². The van der Waals surface area contributed by atoms with Crippen LogP contribution in [0.2, 0.25) is 0 Å². The predicted octanol–water partition coefficient (Wildman–Crippen LogP) is 3.12. The van der Waals surface area contributed by atoms with Crippen LogP contribution >= 0.6 is 15.9 Å². The molecule has 7 heteroatoms. The Morgan fingerprint density at radius 1 is 1.15 bits per heavy atom. The van der Waals surface area contributed by atoms with Crippen molar-refractivity contribution in [2.24, 2.45) is 4.40 Å². The summed E-state index contributed by atoms with van der Waals surface area (Å²) in [5, 5.41) is 0. The minimum Gasteiger partial charge on any atom is -0.436 e. The molecule has 0 radical (unpaired) electrons. The lowest BCUT2D eigenvalue weighted by molar-refractivity contribution is 0.538. The molecule has 0 N–H and O–H groups in total. The molecular weight excluding hydrogens is 349 g/mol. The molecule has 3 rings (SSSR count). The molecule has 2 aromatic rings. The second-order valence-corrected chi connectivity index (χ2v) is 6.47. The maximum absolute atomic E-state index is 13.2. The smallest absolute Gasteiger partial charge is 0.286 e. The summed E-state index contributed by atoms with van der Waals surface area (Å²) < 4.78 is 46.4. The Balaban J connectivity index is 2.07. The molecule has 0 unspecified atom stereocenters. The van der Waals surface area contributed by atoms with Gasteiger partial charge in [-0.1, -0.05) is 12.1 Å². The summed E-state index contributed by atoms with van der Waals surface area (Å²) in [5.41, 5.74) is 0.365. The van der Waals surface area contributed by atoms with Crippen molar-refractivity contribution >= 4 is 31.9 Å². The van der Waals surface area contributed by atoms with E-state index >= 15 is 0 Å². The molecule has 0 fully saturated rings. The van der Waals surface area contributed by atoms with Gasteiger partial charge in [-0.2, -0.15) is 8.42 Å². The number of nitrogens with zero attached hydrogens (tertiary/aromatic N) is 1. The summed E-state index contributed by atoms with van der Waals surface area (Å²) >= 11 is 3.21. The topological polar surface area (TPSA) is 55.7 Å². The molecule has 0 amide bonds. The number of ether oxygens (including phenoxy) is 1. The van der Waals surface area contributed by atoms with Gasteiger partial charge in [0.05, 0.1) is 10.0 Å². The Kier molecular flexibility index (Phi) is 3.10. The predicted molar refractivity (Wildman–Crippen MR) is 74.9 cm³/mol. The van der Waals surface area contributed by atoms with Crippen LogP contribution in [-0.2, 0) is 10.0 Å². The maximum Gasteiger partial charge on any atom is 0.286 e. The minimum absolute atomic E-state index is 0.0631. The van der Waals surface area contributed by atoms with Crippen molar-refractivity contribution in [1.29, 1.82) is 0 Å². The lowest BCUT2D eigenvalue weighted by Crippen LogP contribution is -2.08. The molecule has 1 heterocycles. The Bertz CT molecular complexity index is 833. The average molecular weight is 356 g/mol. The summed E-state index contributed by atoms with van der Waals surface area (Å²) in [6.45, 7) is 0. The van der Waals surface area contributed by atoms with E-state index in [0.717, 1.165) is 6.07 Å². The van der Waals surface area contributed by atoms with Gasteiger partial charge in [-0.3, -0.25) is 0 Å². The Morgan fingerprint density at radius 3 is 2.70 bits per heavy atom. The lowest BCUT2D eigenvalue weighted by atomic mass is 10.2. The monoisotopic (exact) mass is 355 g/mol. The number of rotatable bonds is 1. The third-order valence-electron chi connectivity index (χ3n) is 2.70. The van der Waals surface area contributed by atoms with E-state index in [9.17, 15) is 12.8 Å². The highest BCUT2D eigenvalue weighted by atomic mass is 79.9. The Hall–Kier alpha value is -1.73. The summed E-state index contributed by atoms with van der Waals surface area (Å²) in [6, 6.07) is 10.2. The molecule has 4 nitrogen and oxygen atoms in total. The van der Waals surface area contributed by atoms with Gasteiger partial charge in [0.25, 0.3) is 10.0 Å². The van der Waals surface area contributed by atoms with Crippen molar-refractivity contribution in [2.45, 2.75) is 4.90 Å². The average Bonchev–Trinajstić information content (AvgIpc) is 2.66. The molecule has 0 saturated heterocycles. The fourth-order valence-electron chi connectivity index (χ4n) is 1.81. The second kappa shape index (κ2) is 4.68. The molecule has 2 aromatic carbocycles. The van der Waals surface area contributed by atoms with Crippen molar-refractivity contribution in [3.63, 3.8) is 0 Å². The molecule has 0 aliphatic carbocycles. The highest BCUT2D eigenvalue weighted by molar-refractivity contribution is 9.10. The SMILES string of the molecule is O=S1(=O)N=C(Oc2cc(F)ccc2Br)c2ccccc21. The van der Waals surface area contributed by atoms with E-state index in [0.29, 0.717) is 10.0 Å². The number of benzene rings is 2.